The Kier molecular flexibility index (Phi) is 24.8. The summed E-state index contributed by atoms with van der Waals surface area (Å²) in [7, 11) is 0. The molecule has 0 aromatic heterocycles. The van der Waals surface area contributed by atoms with E-state index in [1.54, 1.807) is 0 Å². The van der Waals surface area contributed by atoms with Gasteiger partial charge < -0.3 is 15.1 Å². The third-order valence-electron chi connectivity index (χ3n) is 5.84. The highest BCUT2D eigenvalue weighted by molar-refractivity contribution is 4.60. The first kappa shape index (κ1) is 27.9. The van der Waals surface area contributed by atoms with Crippen LogP contribution in [-0.4, -0.2) is 48.0 Å². The molecule has 0 radical (unpaired) electrons. The van der Waals surface area contributed by atoms with Crippen LogP contribution in [0.25, 0.3) is 0 Å². The van der Waals surface area contributed by atoms with Crippen LogP contribution in [0.5, 0.6) is 0 Å². The summed E-state index contributed by atoms with van der Waals surface area (Å²) in [6.45, 7) is 6.85. The molecule has 0 aliphatic heterocycles. The van der Waals surface area contributed by atoms with Gasteiger partial charge in [-0.3, -0.25) is 0 Å². The van der Waals surface area contributed by atoms with Gasteiger partial charge in [0.25, 0.3) is 0 Å². The second-order valence-corrected chi connectivity index (χ2v) is 8.65. The minimum Gasteiger partial charge on any atom is -0.396 e. The normalized spacial score (nSPS) is 11.6. The van der Waals surface area contributed by atoms with Gasteiger partial charge in [-0.25, -0.2) is 0 Å². The van der Waals surface area contributed by atoms with E-state index in [1.807, 2.05) is 0 Å². The Balaban J connectivity index is 3.80. The second kappa shape index (κ2) is 24.9. The Morgan fingerprint density at radius 1 is 0.393 bits per heavy atom. The number of hydrogen-bond acceptors (Lipinski definition) is 3. The minimum absolute atomic E-state index is 0.353. The van der Waals surface area contributed by atoms with Crippen LogP contribution in [0.2, 0.25) is 0 Å². The zero-order valence-corrected chi connectivity index (χ0v) is 19.3. The summed E-state index contributed by atoms with van der Waals surface area (Å²) >= 11 is 0. The van der Waals surface area contributed by atoms with Crippen molar-refractivity contribution in [2.45, 2.75) is 129 Å². The molecule has 0 fully saturated rings. The lowest BCUT2D eigenvalue weighted by Crippen LogP contribution is -2.27. The smallest absolute Gasteiger partial charge is 0.0431 e. The Morgan fingerprint density at radius 3 is 1.00 bits per heavy atom. The highest BCUT2D eigenvalue weighted by Gasteiger charge is 2.05. The van der Waals surface area contributed by atoms with Crippen molar-refractivity contribution < 1.29 is 10.2 Å². The highest BCUT2D eigenvalue weighted by atomic mass is 16.3. The molecule has 3 heteroatoms. The van der Waals surface area contributed by atoms with Gasteiger partial charge in [-0.2, -0.15) is 0 Å². The van der Waals surface area contributed by atoms with E-state index in [4.69, 9.17) is 10.2 Å². The molecule has 0 amide bonds. The first-order valence-electron chi connectivity index (χ1n) is 12.8. The summed E-state index contributed by atoms with van der Waals surface area (Å²) in [4.78, 5) is 2.73. The molecule has 0 unspecified atom stereocenters. The molecule has 0 saturated heterocycles. The van der Waals surface area contributed by atoms with Gasteiger partial charge in [-0.05, 0) is 51.7 Å². The van der Waals surface area contributed by atoms with Crippen molar-refractivity contribution in [3.8, 4) is 0 Å². The lowest BCUT2D eigenvalue weighted by atomic mass is 10.1. The van der Waals surface area contributed by atoms with E-state index >= 15 is 0 Å². The molecule has 0 saturated carbocycles. The minimum atomic E-state index is 0.353. The van der Waals surface area contributed by atoms with Crippen molar-refractivity contribution in [2.75, 3.05) is 32.8 Å². The topological polar surface area (TPSA) is 43.7 Å². The SMILES string of the molecule is CCCCCCCCCN(CCCCCCCCO)CCCCCCCCO. The quantitative estimate of drug-likeness (QED) is 0.177. The summed E-state index contributed by atoms with van der Waals surface area (Å²) in [6, 6.07) is 0. The molecular formula is C25H53NO2. The van der Waals surface area contributed by atoms with Crippen molar-refractivity contribution in [1.29, 1.82) is 0 Å². The van der Waals surface area contributed by atoms with Crippen LogP contribution in [0.15, 0.2) is 0 Å². The summed E-state index contributed by atoms with van der Waals surface area (Å²) in [5, 5.41) is 17.7. The van der Waals surface area contributed by atoms with Gasteiger partial charge in [-0.15, -0.1) is 0 Å². The number of unbranched alkanes of at least 4 members (excludes halogenated alkanes) is 16. The largest absolute Gasteiger partial charge is 0.396 e. The van der Waals surface area contributed by atoms with Crippen LogP contribution < -0.4 is 0 Å². The monoisotopic (exact) mass is 399 g/mol. The standard InChI is InChI=1S/C25H53NO2/c1-2-3-4-5-6-11-16-21-26(22-17-12-7-9-14-19-24-27)23-18-13-8-10-15-20-25-28/h27-28H,2-25H2,1H3. The molecule has 0 bridgehead atoms. The average molecular weight is 400 g/mol. The summed E-state index contributed by atoms with van der Waals surface area (Å²) in [6.07, 6.45) is 24.7. The van der Waals surface area contributed by atoms with E-state index in [1.165, 1.54) is 129 Å². The van der Waals surface area contributed by atoms with Crippen LogP contribution in [-0.2, 0) is 0 Å². The molecule has 0 spiro atoms. The molecule has 0 aliphatic rings. The Labute approximate surface area is 177 Å². The van der Waals surface area contributed by atoms with E-state index in [9.17, 15) is 0 Å². The van der Waals surface area contributed by atoms with Crippen LogP contribution in [0, 0.1) is 0 Å². The number of nitrogens with zero attached hydrogens (tertiary/aromatic N) is 1. The number of aliphatic hydroxyl groups is 2. The molecule has 0 aliphatic carbocycles. The Morgan fingerprint density at radius 2 is 0.679 bits per heavy atom. The van der Waals surface area contributed by atoms with Gasteiger partial charge in [0, 0.05) is 13.2 Å². The van der Waals surface area contributed by atoms with Crippen molar-refractivity contribution in [3.63, 3.8) is 0 Å². The lowest BCUT2D eigenvalue weighted by molar-refractivity contribution is 0.252. The zero-order chi connectivity index (χ0) is 20.5. The highest BCUT2D eigenvalue weighted by Crippen LogP contribution is 2.11. The lowest BCUT2D eigenvalue weighted by Gasteiger charge is -2.22. The maximum atomic E-state index is 8.85. The molecular weight excluding hydrogens is 346 g/mol. The predicted octanol–water partition coefficient (Wildman–Crippen LogP) is 6.70. The number of rotatable bonds is 24. The van der Waals surface area contributed by atoms with Crippen molar-refractivity contribution in [3.05, 3.63) is 0 Å². The van der Waals surface area contributed by atoms with Gasteiger partial charge >= 0.3 is 0 Å². The summed E-state index contributed by atoms with van der Waals surface area (Å²) < 4.78 is 0. The first-order valence-corrected chi connectivity index (χ1v) is 12.8. The maximum Gasteiger partial charge on any atom is 0.0431 e. The van der Waals surface area contributed by atoms with Crippen LogP contribution >= 0.6 is 0 Å². The third-order valence-corrected chi connectivity index (χ3v) is 5.84. The summed E-state index contributed by atoms with van der Waals surface area (Å²) in [5.74, 6) is 0. The maximum absolute atomic E-state index is 8.85. The summed E-state index contributed by atoms with van der Waals surface area (Å²) in [5.41, 5.74) is 0. The van der Waals surface area contributed by atoms with Gasteiger partial charge in [0.15, 0.2) is 0 Å². The zero-order valence-electron chi connectivity index (χ0n) is 19.3. The fourth-order valence-corrected chi connectivity index (χ4v) is 3.94. The molecule has 2 N–H and O–H groups in total. The third kappa shape index (κ3) is 22.2. The van der Waals surface area contributed by atoms with E-state index in [2.05, 4.69) is 11.8 Å². The molecule has 28 heavy (non-hydrogen) atoms. The van der Waals surface area contributed by atoms with E-state index in [0.29, 0.717) is 13.2 Å². The Bertz CT molecular complexity index is 230. The van der Waals surface area contributed by atoms with Crippen molar-refractivity contribution >= 4 is 0 Å². The van der Waals surface area contributed by atoms with E-state index in [-0.39, 0.29) is 0 Å². The van der Waals surface area contributed by atoms with Crippen molar-refractivity contribution in [2.24, 2.45) is 0 Å². The van der Waals surface area contributed by atoms with Crippen molar-refractivity contribution in [1.82, 2.24) is 4.90 Å². The fourth-order valence-electron chi connectivity index (χ4n) is 3.94. The van der Waals surface area contributed by atoms with Crippen LogP contribution in [0.3, 0.4) is 0 Å². The Hall–Kier alpha value is -0.120. The molecule has 0 heterocycles. The molecule has 170 valence electrons. The van der Waals surface area contributed by atoms with Crippen LogP contribution in [0.4, 0.5) is 0 Å². The second-order valence-electron chi connectivity index (χ2n) is 8.65. The molecule has 0 rings (SSSR count). The van der Waals surface area contributed by atoms with E-state index < -0.39 is 0 Å². The molecule has 3 nitrogen and oxygen atoms in total. The van der Waals surface area contributed by atoms with Gasteiger partial charge in [0.1, 0.15) is 0 Å². The van der Waals surface area contributed by atoms with Gasteiger partial charge in [0.2, 0.25) is 0 Å². The molecule has 0 aromatic carbocycles. The predicted molar refractivity (Wildman–Crippen MR) is 124 cm³/mol. The average Bonchev–Trinajstić information content (AvgIpc) is 2.71. The van der Waals surface area contributed by atoms with E-state index in [0.717, 1.165) is 12.8 Å². The van der Waals surface area contributed by atoms with Gasteiger partial charge in [0.05, 0.1) is 0 Å². The fraction of sp³-hybridized carbons (Fsp3) is 1.00. The number of hydrogen-bond donors (Lipinski definition) is 2. The van der Waals surface area contributed by atoms with Crippen LogP contribution in [0.1, 0.15) is 129 Å². The first-order chi connectivity index (χ1) is 13.8. The molecule has 0 atom stereocenters. The number of aliphatic hydroxyl groups excluding tert-OH is 2. The molecule has 0 aromatic rings. The van der Waals surface area contributed by atoms with Gasteiger partial charge in [-0.1, -0.05) is 96.8 Å².